The van der Waals surface area contributed by atoms with Crippen molar-refractivity contribution in [3.8, 4) is 28.2 Å². The van der Waals surface area contributed by atoms with Crippen molar-refractivity contribution in [2.75, 3.05) is 0 Å². The van der Waals surface area contributed by atoms with Crippen molar-refractivity contribution < 1.29 is 9.85 Å². The highest BCUT2D eigenvalue weighted by Gasteiger charge is 2.24. The summed E-state index contributed by atoms with van der Waals surface area (Å²) in [5.41, 5.74) is 2.07. The molecular formula is C25H15ClN4O4. The van der Waals surface area contributed by atoms with Gasteiger partial charge in [0.2, 0.25) is 0 Å². The van der Waals surface area contributed by atoms with Gasteiger partial charge in [-0.3, -0.25) is 20.2 Å². The van der Waals surface area contributed by atoms with Crippen LogP contribution in [-0.2, 0) is 0 Å². The zero-order valence-electron chi connectivity index (χ0n) is 17.5. The monoisotopic (exact) mass is 470 g/mol. The van der Waals surface area contributed by atoms with Gasteiger partial charge in [0.05, 0.1) is 27.3 Å². The van der Waals surface area contributed by atoms with Gasteiger partial charge in [0.15, 0.2) is 0 Å². The van der Waals surface area contributed by atoms with Crippen molar-refractivity contribution in [2.24, 2.45) is 0 Å². The van der Waals surface area contributed by atoms with Crippen molar-refractivity contribution in [3.05, 3.63) is 116 Å². The van der Waals surface area contributed by atoms with Crippen LogP contribution in [-0.4, -0.2) is 19.6 Å². The molecule has 8 nitrogen and oxygen atoms in total. The third kappa shape index (κ3) is 3.87. The number of hydrogen-bond acceptors (Lipinski definition) is 5. The van der Waals surface area contributed by atoms with Gasteiger partial charge in [-0.15, -0.1) is 0 Å². The summed E-state index contributed by atoms with van der Waals surface area (Å²) in [6.45, 7) is 0. The maximum atomic E-state index is 11.8. The molecule has 0 radical (unpaired) electrons. The molecular weight excluding hydrogens is 456 g/mol. The molecule has 0 aliphatic heterocycles. The molecule has 1 heterocycles. The molecule has 0 aliphatic rings. The van der Waals surface area contributed by atoms with Gasteiger partial charge in [0.1, 0.15) is 5.69 Å². The quantitative estimate of drug-likeness (QED) is 0.207. The number of halogens is 1. The van der Waals surface area contributed by atoms with Gasteiger partial charge in [0, 0.05) is 22.2 Å². The largest absolute Gasteiger partial charge is 0.301 e. The van der Waals surface area contributed by atoms with Crippen molar-refractivity contribution in [1.82, 2.24) is 9.78 Å². The Morgan fingerprint density at radius 2 is 1.44 bits per heavy atom. The van der Waals surface area contributed by atoms with E-state index in [1.807, 2.05) is 48.5 Å². The molecule has 0 saturated heterocycles. The van der Waals surface area contributed by atoms with E-state index in [-0.39, 0.29) is 11.4 Å². The second-order valence-electron chi connectivity index (χ2n) is 7.58. The Balaban J connectivity index is 1.74. The molecule has 5 aromatic rings. The van der Waals surface area contributed by atoms with Gasteiger partial charge in [-0.2, -0.15) is 5.10 Å². The van der Waals surface area contributed by atoms with Crippen molar-refractivity contribution in [2.45, 2.75) is 0 Å². The highest BCUT2D eigenvalue weighted by Crippen LogP contribution is 2.35. The molecule has 0 aliphatic carbocycles. The van der Waals surface area contributed by atoms with Crippen molar-refractivity contribution in [1.29, 1.82) is 0 Å². The van der Waals surface area contributed by atoms with Crippen molar-refractivity contribution >= 4 is 33.7 Å². The highest BCUT2D eigenvalue weighted by molar-refractivity contribution is 6.30. The van der Waals surface area contributed by atoms with E-state index in [2.05, 4.69) is 5.10 Å². The molecule has 1 aromatic heterocycles. The standard InChI is InChI=1S/C25H15ClN4O4/c26-20-9-7-17(8-10-20)24-15-22(19-6-5-16-3-1-2-4-18(16)13-19)27-28(24)23-12-11-21(29(31)32)14-25(23)30(33)34/h1-15H. The fourth-order valence-corrected chi connectivity index (χ4v) is 3.96. The normalized spacial score (nSPS) is 11.0. The predicted octanol–water partition coefficient (Wildman–Crippen LogP) is 6.83. The number of nitro groups is 2. The third-order valence-electron chi connectivity index (χ3n) is 5.49. The van der Waals surface area contributed by atoms with Gasteiger partial charge < -0.3 is 0 Å². The molecule has 0 fully saturated rings. The lowest BCUT2D eigenvalue weighted by Gasteiger charge is -2.08. The number of hydrogen-bond donors (Lipinski definition) is 0. The number of nitro benzene ring substituents is 2. The molecule has 0 unspecified atom stereocenters. The maximum absolute atomic E-state index is 11.8. The Bertz CT molecular complexity index is 1580. The molecule has 166 valence electrons. The van der Waals surface area contributed by atoms with Gasteiger partial charge in [-0.05, 0) is 41.1 Å². The number of nitrogens with zero attached hydrogens (tertiary/aromatic N) is 4. The summed E-state index contributed by atoms with van der Waals surface area (Å²) in [7, 11) is 0. The molecule has 9 heteroatoms. The second-order valence-corrected chi connectivity index (χ2v) is 8.02. The molecule has 0 amide bonds. The van der Waals surface area contributed by atoms with Crippen LogP contribution in [0.4, 0.5) is 11.4 Å². The molecule has 0 saturated carbocycles. The van der Waals surface area contributed by atoms with Crippen LogP contribution >= 0.6 is 11.6 Å². The highest BCUT2D eigenvalue weighted by atomic mass is 35.5. The first kappa shape index (κ1) is 21.3. The third-order valence-corrected chi connectivity index (χ3v) is 5.74. The Kier molecular flexibility index (Phi) is 5.27. The summed E-state index contributed by atoms with van der Waals surface area (Å²) in [6.07, 6.45) is 0. The summed E-state index contributed by atoms with van der Waals surface area (Å²) in [5, 5.41) is 30.3. The van der Waals surface area contributed by atoms with E-state index in [9.17, 15) is 20.2 Å². The lowest BCUT2D eigenvalue weighted by atomic mass is 10.0. The predicted molar refractivity (Wildman–Crippen MR) is 130 cm³/mol. The maximum Gasteiger partial charge on any atom is 0.301 e. The number of benzene rings is 4. The SMILES string of the molecule is O=[N+]([O-])c1ccc(-n2nc(-c3ccc4ccccc4c3)cc2-c2ccc(Cl)cc2)c([N+](=O)[O-])c1. The first-order valence-electron chi connectivity index (χ1n) is 10.2. The van der Waals surface area contributed by atoms with Gasteiger partial charge in [0.25, 0.3) is 5.69 Å². The summed E-state index contributed by atoms with van der Waals surface area (Å²) < 4.78 is 1.44. The van der Waals surface area contributed by atoms with Crippen LogP contribution in [0.25, 0.3) is 39.0 Å². The van der Waals surface area contributed by atoms with E-state index in [0.29, 0.717) is 16.4 Å². The molecule has 4 aromatic carbocycles. The number of non-ortho nitro benzene ring substituents is 1. The minimum Gasteiger partial charge on any atom is -0.258 e. The minimum atomic E-state index is -0.666. The van der Waals surface area contributed by atoms with Gasteiger partial charge in [-0.25, -0.2) is 4.68 Å². The van der Waals surface area contributed by atoms with Crippen LogP contribution in [0.2, 0.25) is 5.02 Å². The van der Waals surface area contributed by atoms with E-state index < -0.39 is 15.5 Å². The molecule has 0 atom stereocenters. The molecule has 5 rings (SSSR count). The smallest absolute Gasteiger partial charge is 0.258 e. The van der Waals surface area contributed by atoms with Crippen LogP contribution in [0.3, 0.4) is 0 Å². The average Bonchev–Trinajstić information content (AvgIpc) is 3.29. The number of fused-ring (bicyclic) bond motifs is 1. The summed E-state index contributed by atoms with van der Waals surface area (Å²) in [6, 6.07) is 26.2. The molecule has 34 heavy (non-hydrogen) atoms. The average molecular weight is 471 g/mol. The Morgan fingerprint density at radius 3 is 2.15 bits per heavy atom. The van der Waals surface area contributed by atoms with E-state index in [4.69, 9.17) is 11.6 Å². The summed E-state index contributed by atoms with van der Waals surface area (Å²) in [4.78, 5) is 21.7. The molecule has 0 bridgehead atoms. The topological polar surface area (TPSA) is 104 Å². The Labute approximate surface area is 198 Å². The lowest BCUT2D eigenvalue weighted by molar-refractivity contribution is -0.394. The first-order valence-corrected chi connectivity index (χ1v) is 10.6. The number of rotatable bonds is 5. The van der Waals surface area contributed by atoms with Crippen LogP contribution in [0.1, 0.15) is 0 Å². The summed E-state index contributed by atoms with van der Waals surface area (Å²) in [5.74, 6) is 0. The zero-order valence-corrected chi connectivity index (χ0v) is 18.2. The van der Waals surface area contributed by atoms with E-state index >= 15 is 0 Å². The van der Waals surface area contributed by atoms with Gasteiger partial charge >= 0.3 is 5.69 Å². The fraction of sp³-hybridized carbons (Fsp3) is 0. The van der Waals surface area contributed by atoms with Crippen LogP contribution in [0, 0.1) is 20.2 Å². The summed E-state index contributed by atoms with van der Waals surface area (Å²) >= 11 is 6.05. The first-order chi connectivity index (χ1) is 16.4. The van der Waals surface area contributed by atoms with Crippen molar-refractivity contribution in [3.63, 3.8) is 0 Å². The van der Waals surface area contributed by atoms with Crippen LogP contribution in [0.5, 0.6) is 0 Å². The fourth-order valence-electron chi connectivity index (χ4n) is 3.83. The Hall–Kier alpha value is -4.56. The molecule has 0 N–H and O–H groups in total. The Morgan fingerprint density at radius 1 is 0.735 bits per heavy atom. The van der Waals surface area contributed by atoms with Gasteiger partial charge in [-0.1, -0.05) is 60.1 Å². The second kappa shape index (κ2) is 8.42. The van der Waals surface area contributed by atoms with E-state index in [1.165, 1.54) is 16.8 Å². The number of aromatic nitrogens is 2. The molecule has 0 spiro atoms. The van der Waals surface area contributed by atoms with E-state index in [1.54, 1.807) is 24.3 Å². The zero-order chi connectivity index (χ0) is 23.8. The minimum absolute atomic E-state index is 0.118. The van der Waals surface area contributed by atoms with Crippen LogP contribution in [0.15, 0.2) is 91.0 Å². The lowest BCUT2D eigenvalue weighted by Crippen LogP contribution is -2.04. The van der Waals surface area contributed by atoms with Crippen LogP contribution < -0.4 is 0 Å². The van der Waals surface area contributed by atoms with E-state index in [0.717, 1.165) is 28.0 Å².